The fourth-order valence-electron chi connectivity index (χ4n) is 3.22. The van der Waals surface area contributed by atoms with E-state index in [2.05, 4.69) is 0 Å². The first-order valence-corrected chi connectivity index (χ1v) is 9.30. The third kappa shape index (κ3) is 5.87. The van der Waals surface area contributed by atoms with Gasteiger partial charge < -0.3 is 24.4 Å². The number of carbonyl (C=O) groups excluding carboxylic acids is 2. The van der Waals surface area contributed by atoms with E-state index in [1.807, 2.05) is 12.1 Å². The molecule has 0 aliphatic carbocycles. The summed E-state index contributed by atoms with van der Waals surface area (Å²) in [5, 5.41) is 9.03. The standard InChI is InChI=1S/C20H28N2O6/c1-21(13-19(24)22-8-6-15(7-9-22)20(25)26)18(23)5-4-14-10-16(27-2)12-17(11-14)28-3/h10-12,15H,4-9,13H2,1-3H3,(H,25,26). The number of rotatable bonds is 8. The normalized spacial score (nSPS) is 14.5. The van der Waals surface area contributed by atoms with Crippen LogP contribution in [0.4, 0.5) is 0 Å². The number of ether oxygens (including phenoxy) is 2. The number of amides is 2. The predicted molar refractivity (Wildman–Crippen MR) is 102 cm³/mol. The van der Waals surface area contributed by atoms with Crippen molar-refractivity contribution in [3.63, 3.8) is 0 Å². The van der Waals surface area contributed by atoms with Crippen LogP contribution in [0.15, 0.2) is 18.2 Å². The number of carboxylic acid groups (broad SMARTS) is 1. The van der Waals surface area contributed by atoms with Gasteiger partial charge in [-0.25, -0.2) is 0 Å². The van der Waals surface area contributed by atoms with E-state index in [1.54, 1.807) is 32.2 Å². The van der Waals surface area contributed by atoms with Crippen molar-refractivity contribution >= 4 is 17.8 Å². The molecule has 0 atom stereocenters. The van der Waals surface area contributed by atoms with Gasteiger partial charge in [-0.15, -0.1) is 0 Å². The highest BCUT2D eigenvalue weighted by molar-refractivity contribution is 5.85. The Kier molecular flexibility index (Phi) is 7.66. The van der Waals surface area contributed by atoms with Crippen LogP contribution in [0.25, 0.3) is 0 Å². The summed E-state index contributed by atoms with van der Waals surface area (Å²) in [4.78, 5) is 38.8. The van der Waals surface area contributed by atoms with Crippen LogP contribution >= 0.6 is 0 Å². The number of aliphatic carboxylic acids is 1. The molecule has 1 aliphatic heterocycles. The van der Waals surface area contributed by atoms with Gasteiger partial charge >= 0.3 is 5.97 Å². The molecule has 1 heterocycles. The van der Waals surface area contributed by atoms with Crippen molar-refractivity contribution in [3.8, 4) is 11.5 Å². The molecule has 28 heavy (non-hydrogen) atoms. The van der Waals surface area contributed by atoms with E-state index in [-0.39, 0.29) is 30.7 Å². The number of piperidine rings is 1. The van der Waals surface area contributed by atoms with Gasteiger partial charge in [-0.1, -0.05) is 0 Å². The topological polar surface area (TPSA) is 96.4 Å². The van der Waals surface area contributed by atoms with E-state index in [4.69, 9.17) is 14.6 Å². The highest BCUT2D eigenvalue weighted by Gasteiger charge is 2.27. The molecule has 2 amide bonds. The summed E-state index contributed by atoms with van der Waals surface area (Å²) < 4.78 is 10.5. The Balaban J connectivity index is 1.83. The van der Waals surface area contributed by atoms with Crippen molar-refractivity contribution in [1.82, 2.24) is 9.80 Å². The number of carboxylic acids is 1. The van der Waals surface area contributed by atoms with E-state index in [1.165, 1.54) is 4.90 Å². The molecule has 0 saturated carbocycles. The van der Waals surface area contributed by atoms with Crippen LogP contribution in [0.2, 0.25) is 0 Å². The molecule has 8 heteroatoms. The average molecular weight is 392 g/mol. The van der Waals surface area contributed by atoms with Crippen LogP contribution in [-0.2, 0) is 20.8 Å². The summed E-state index contributed by atoms with van der Waals surface area (Å²) in [7, 11) is 4.75. The zero-order chi connectivity index (χ0) is 20.7. The molecule has 0 spiro atoms. The number of aryl methyl sites for hydroxylation is 1. The maximum atomic E-state index is 12.4. The first-order valence-electron chi connectivity index (χ1n) is 9.30. The first-order chi connectivity index (χ1) is 13.3. The number of nitrogens with zero attached hydrogens (tertiary/aromatic N) is 2. The average Bonchev–Trinajstić information content (AvgIpc) is 2.71. The highest BCUT2D eigenvalue weighted by Crippen LogP contribution is 2.23. The minimum Gasteiger partial charge on any atom is -0.497 e. The van der Waals surface area contributed by atoms with Gasteiger partial charge in [0.2, 0.25) is 11.8 Å². The van der Waals surface area contributed by atoms with E-state index in [0.29, 0.717) is 43.9 Å². The molecule has 0 bridgehead atoms. The number of benzene rings is 1. The quantitative estimate of drug-likeness (QED) is 0.719. The number of hydrogen-bond acceptors (Lipinski definition) is 5. The van der Waals surface area contributed by atoms with Gasteiger partial charge in [-0.05, 0) is 37.0 Å². The van der Waals surface area contributed by atoms with Crippen molar-refractivity contribution < 1.29 is 29.0 Å². The van der Waals surface area contributed by atoms with Crippen LogP contribution in [0.3, 0.4) is 0 Å². The molecule has 1 aromatic rings. The third-order valence-corrected chi connectivity index (χ3v) is 5.03. The van der Waals surface area contributed by atoms with Crippen LogP contribution < -0.4 is 9.47 Å². The second-order valence-corrected chi connectivity index (χ2v) is 6.96. The van der Waals surface area contributed by atoms with Crippen LogP contribution in [0, 0.1) is 5.92 Å². The fraction of sp³-hybridized carbons (Fsp3) is 0.550. The van der Waals surface area contributed by atoms with Crippen molar-refractivity contribution in [2.24, 2.45) is 5.92 Å². The molecule has 154 valence electrons. The Morgan fingerprint density at radius 3 is 2.18 bits per heavy atom. The minimum absolute atomic E-state index is 0.00198. The molecule has 0 radical (unpaired) electrons. The zero-order valence-corrected chi connectivity index (χ0v) is 16.6. The zero-order valence-electron chi connectivity index (χ0n) is 16.6. The summed E-state index contributed by atoms with van der Waals surface area (Å²) in [5.74, 6) is -0.152. The molecule has 1 aromatic carbocycles. The second-order valence-electron chi connectivity index (χ2n) is 6.96. The SMILES string of the molecule is COc1cc(CCC(=O)N(C)CC(=O)N2CCC(C(=O)O)CC2)cc(OC)c1. The van der Waals surface area contributed by atoms with Crippen molar-refractivity contribution in [2.45, 2.75) is 25.7 Å². The van der Waals surface area contributed by atoms with Gasteiger partial charge in [0, 0.05) is 32.6 Å². The minimum atomic E-state index is -0.812. The summed E-state index contributed by atoms with van der Waals surface area (Å²) in [6.07, 6.45) is 1.68. The molecule has 0 unspecified atom stereocenters. The lowest BCUT2D eigenvalue weighted by atomic mass is 9.97. The van der Waals surface area contributed by atoms with Gasteiger partial charge in [-0.3, -0.25) is 14.4 Å². The van der Waals surface area contributed by atoms with Crippen molar-refractivity contribution in [3.05, 3.63) is 23.8 Å². The Bertz CT molecular complexity index is 690. The fourth-order valence-corrected chi connectivity index (χ4v) is 3.22. The third-order valence-electron chi connectivity index (χ3n) is 5.03. The van der Waals surface area contributed by atoms with Gasteiger partial charge in [0.05, 0.1) is 26.7 Å². The Morgan fingerprint density at radius 2 is 1.68 bits per heavy atom. The molecule has 1 aliphatic rings. The number of likely N-dealkylation sites (N-methyl/N-ethyl adjacent to an activating group) is 1. The van der Waals surface area contributed by atoms with Crippen LogP contribution in [0.5, 0.6) is 11.5 Å². The second kappa shape index (κ2) is 9.96. The maximum Gasteiger partial charge on any atom is 0.306 e. The van der Waals surface area contributed by atoms with E-state index >= 15 is 0 Å². The Labute approximate surface area is 165 Å². The van der Waals surface area contributed by atoms with E-state index in [0.717, 1.165) is 5.56 Å². The number of hydrogen-bond donors (Lipinski definition) is 1. The molecule has 2 rings (SSSR count). The smallest absolute Gasteiger partial charge is 0.306 e. The molecular weight excluding hydrogens is 364 g/mol. The predicted octanol–water partition coefficient (Wildman–Crippen LogP) is 1.42. The first kappa shape index (κ1) is 21.5. The molecular formula is C20H28N2O6. The van der Waals surface area contributed by atoms with Crippen LogP contribution in [0.1, 0.15) is 24.8 Å². The number of carbonyl (C=O) groups is 3. The molecule has 1 N–H and O–H groups in total. The summed E-state index contributed by atoms with van der Waals surface area (Å²) in [6, 6.07) is 5.48. The van der Waals surface area contributed by atoms with Gasteiger partial charge in [0.1, 0.15) is 11.5 Å². The molecule has 8 nitrogen and oxygen atoms in total. The van der Waals surface area contributed by atoms with E-state index < -0.39 is 5.97 Å². The van der Waals surface area contributed by atoms with Gasteiger partial charge in [0.15, 0.2) is 0 Å². The Hall–Kier alpha value is -2.77. The largest absolute Gasteiger partial charge is 0.497 e. The highest BCUT2D eigenvalue weighted by atomic mass is 16.5. The molecule has 1 fully saturated rings. The van der Waals surface area contributed by atoms with Crippen LogP contribution in [-0.4, -0.2) is 73.6 Å². The van der Waals surface area contributed by atoms with Crippen molar-refractivity contribution in [2.75, 3.05) is 40.9 Å². The molecule has 1 saturated heterocycles. The Morgan fingerprint density at radius 1 is 1.11 bits per heavy atom. The summed E-state index contributed by atoms with van der Waals surface area (Å²) in [6.45, 7) is 0.834. The van der Waals surface area contributed by atoms with Crippen molar-refractivity contribution in [1.29, 1.82) is 0 Å². The number of likely N-dealkylation sites (tertiary alicyclic amines) is 1. The lowest BCUT2D eigenvalue weighted by molar-refractivity contribution is -0.146. The maximum absolute atomic E-state index is 12.4. The lowest BCUT2D eigenvalue weighted by Crippen LogP contribution is -2.45. The van der Waals surface area contributed by atoms with Gasteiger partial charge in [-0.2, -0.15) is 0 Å². The van der Waals surface area contributed by atoms with E-state index in [9.17, 15) is 14.4 Å². The monoisotopic (exact) mass is 392 g/mol. The van der Waals surface area contributed by atoms with Gasteiger partial charge in [0.25, 0.3) is 0 Å². The lowest BCUT2D eigenvalue weighted by Gasteiger charge is -2.31. The summed E-state index contributed by atoms with van der Waals surface area (Å²) in [5.41, 5.74) is 0.917. The molecule has 0 aromatic heterocycles. The number of methoxy groups -OCH3 is 2. The summed E-state index contributed by atoms with van der Waals surface area (Å²) >= 11 is 0.